The average Bonchev–Trinajstić information content (AvgIpc) is 3.58. The van der Waals surface area contributed by atoms with Crippen LogP contribution in [0.1, 0.15) is 45.4 Å². The van der Waals surface area contributed by atoms with Gasteiger partial charge < -0.3 is 20.3 Å². The molecule has 1 aliphatic heterocycles. The third kappa shape index (κ3) is 5.84. The first-order chi connectivity index (χ1) is 14.7. The number of rotatable bonds is 9. The number of piperidine rings is 1. The van der Waals surface area contributed by atoms with Crippen molar-refractivity contribution in [1.29, 1.82) is 0 Å². The van der Waals surface area contributed by atoms with E-state index in [1.807, 2.05) is 31.2 Å². The second-order valence-electron chi connectivity index (χ2n) is 8.18. The summed E-state index contributed by atoms with van der Waals surface area (Å²) >= 11 is 0. The fourth-order valence-electron chi connectivity index (χ4n) is 3.90. The first kappa shape index (κ1) is 20.4. The summed E-state index contributed by atoms with van der Waals surface area (Å²) in [6.45, 7) is 4.54. The Kier molecular flexibility index (Phi) is 6.67. The Morgan fingerprint density at radius 2 is 2.03 bits per heavy atom. The summed E-state index contributed by atoms with van der Waals surface area (Å²) in [5.41, 5.74) is 0.811. The van der Waals surface area contributed by atoms with Crippen LogP contribution < -0.4 is 20.3 Å². The van der Waals surface area contributed by atoms with Crippen molar-refractivity contribution in [2.45, 2.75) is 51.5 Å². The Labute approximate surface area is 178 Å². The van der Waals surface area contributed by atoms with E-state index in [0.29, 0.717) is 25.0 Å². The van der Waals surface area contributed by atoms with Crippen LogP contribution in [0.2, 0.25) is 0 Å². The number of anilines is 3. The van der Waals surface area contributed by atoms with E-state index < -0.39 is 0 Å². The lowest BCUT2D eigenvalue weighted by Crippen LogP contribution is -2.36. The highest BCUT2D eigenvalue weighted by molar-refractivity contribution is 5.90. The number of benzene rings is 1. The highest BCUT2D eigenvalue weighted by Crippen LogP contribution is 2.28. The average molecular weight is 410 g/mol. The Balaban J connectivity index is 1.25. The monoisotopic (exact) mass is 409 g/mol. The molecule has 1 saturated carbocycles. The van der Waals surface area contributed by atoms with Crippen molar-refractivity contribution >= 4 is 23.2 Å². The van der Waals surface area contributed by atoms with E-state index in [1.165, 1.54) is 12.8 Å². The van der Waals surface area contributed by atoms with E-state index in [4.69, 9.17) is 4.74 Å². The molecular formula is C23H31N5O2. The maximum Gasteiger partial charge on any atom is 0.224 e. The number of nitrogens with one attached hydrogen (secondary N) is 2. The molecule has 2 aromatic rings. The number of nitrogens with zero attached hydrogens (tertiary/aromatic N) is 3. The summed E-state index contributed by atoms with van der Waals surface area (Å²) in [6, 6.07) is 10.2. The van der Waals surface area contributed by atoms with Crippen LogP contribution in [0.15, 0.2) is 36.7 Å². The van der Waals surface area contributed by atoms with Gasteiger partial charge >= 0.3 is 0 Å². The number of ether oxygens (including phenoxy) is 1. The molecule has 7 heteroatoms. The van der Waals surface area contributed by atoms with Crippen molar-refractivity contribution in [2.24, 2.45) is 5.92 Å². The molecule has 2 aliphatic rings. The number of hydrogen-bond acceptors (Lipinski definition) is 6. The lowest BCUT2D eigenvalue weighted by atomic mass is 9.93. The molecule has 4 rings (SSSR count). The molecule has 1 saturated heterocycles. The summed E-state index contributed by atoms with van der Waals surface area (Å²) in [5.74, 6) is 3.28. The van der Waals surface area contributed by atoms with Gasteiger partial charge in [-0.25, -0.2) is 9.97 Å². The summed E-state index contributed by atoms with van der Waals surface area (Å²) < 4.78 is 5.44. The summed E-state index contributed by atoms with van der Waals surface area (Å²) in [6.07, 6.45) is 7.80. The van der Waals surface area contributed by atoms with E-state index in [9.17, 15) is 4.79 Å². The highest BCUT2D eigenvalue weighted by Gasteiger charge is 2.24. The molecule has 1 aromatic carbocycles. The van der Waals surface area contributed by atoms with Crippen molar-refractivity contribution in [3.05, 3.63) is 36.7 Å². The molecule has 0 radical (unpaired) electrons. The number of amides is 1. The molecule has 1 unspecified atom stereocenters. The number of hydrogen-bond donors (Lipinski definition) is 2. The molecule has 1 amide bonds. The van der Waals surface area contributed by atoms with Crippen LogP contribution in [-0.4, -0.2) is 41.6 Å². The molecule has 0 spiro atoms. The minimum absolute atomic E-state index is 0.0641. The second kappa shape index (κ2) is 9.78. The minimum Gasteiger partial charge on any atom is -0.494 e. The maximum absolute atomic E-state index is 12.4. The van der Waals surface area contributed by atoms with Gasteiger partial charge in [0.2, 0.25) is 5.91 Å². The van der Waals surface area contributed by atoms with Gasteiger partial charge in [-0.2, -0.15) is 0 Å². The van der Waals surface area contributed by atoms with E-state index in [0.717, 1.165) is 55.4 Å². The zero-order valence-electron chi connectivity index (χ0n) is 17.6. The summed E-state index contributed by atoms with van der Waals surface area (Å²) in [5, 5.41) is 6.43. The van der Waals surface area contributed by atoms with Gasteiger partial charge in [-0.1, -0.05) is 0 Å². The van der Waals surface area contributed by atoms with Crippen LogP contribution in [0.3, 0.4) is 0 Å². The highest BCUT2D eigenvalue weighted by atomic mass is 16.5. The van der Waals surface area contributed by atoms with Gasteiger partial charge in [-0.05, 0) is 69.2 Å². The molecule has 2 N–H and O–H groups in total. The van der Waals surface area contributed by atoms with E-state index >= 15 is 0 Å². The predicted molar refractivity (Wildman–Crippen MR) is 119 cm³/mol. The SMILES string of the molecule is CCOc1ccc(NC(=O)CCC2CCCN(c3cc(NC4CC4)ncn3)C2)cc1. The molecule has 30 heavy (non-hydrogen) atoms. The van der Waals surface area contributed by atoms with Crippen molar-refractivity contribution in [3.63, 3.8) is 0 Å². The molecule has 1 aromatic heterocycles. The van der Waals surface area contributed by atoms with Gasteiger partial charge in [0.15, 0.2) is 0 Å². The number of carbonyl (C=O) groups is 1. The van der Waals surface area contributed by atoms with Crippen molar-refractivity contribution in [3.8, 4) is 5.75 Å². The van der Waals surface area contributed by atoms with E-state index in [-0.39, 0.29) is 5.91 Å². The lowest BCUT2D eigenvalue weighted by Gasteiger charge is -2.33. The van der Waals surface area contributed by atoms with Crippen LogP contribution in [0.4, 0.5) is 17.3 Å². The van der Waals surface area contributed by atoms with Crippen LogP contribution >= 0.6 is 0 Å². The third-order valence-electron chi connectivity index (χ3n) is 5.65. The van der Waals surface area contributed by atoms with Crippen LogP contribution in [0.25, 0.3) is 0 Å². The largest absolute Gasteiger partial charge is 0.494 e. The normalized spacial score (nSPS) is 18.7. The first-order valence-electron chi connectivity index (χ1n) is 11.1. The van der Waals surface area contributed by atoms with Gasteiger partial charge in [0.1, 0.15) is 23.7 Å². The first-order valence-corrected chi connectivity index (χ1v) is 11.1. The quantitative estimate of drug-likeness (QED) is 0.650. The van der Waals surface area contributed by atoms with Gasteiger partial charge in [-0.15, -0.1) is 0 Å². The van der Waals surface area contributed by atoms with Gasteiger partial charge in [0.25, 0.3) is 0 Å². The fraction of sp³-hybridized carbons (Fsp3) is 0.522. The van der Waals surface area contributed by atoms with Crippen LogP contribution in [0.5, 0.6) is 5.75 Å². The van der Waals surface area contributed by atoms with Crippen molar-refractivity contribution < 1.29 is 9.53 Å². The minimum atomic E-state index is 0.0641. The molecule has 2 fully saturated rings. The third-order valence-corrected chi connectivity index (χ3v) is 5.65. The van der Waals surface area contributed by atoms with Crippen LogP contribution in [0, 0.1) is 5.92 Å². The second-order valence-corrected chi connectivity index (χ2v) is 8.18. The lowest BCUT2D eigenvalue weighted by molar-refractivity contribution is -0.116. The van der Waals surface area contributed by atoms with Crippen molar-refractivity contribution in [1.82, 2.24) is 9.97 Å². The Morgan fingerprint density at radius 3 is 2.80 bits per heavy atom. The summed E-state index contributed by atoms with van der Waals surface area (Å²) in [7, 11) is 0. The van der Waals surface area contributed by atoms with E-state index in [1.54, 1.807) is 6.33 Å². The van der Waals surface area contributed by atoms with Gasteiger partial charge in [-0.3, -0.25) is 4.79 Å². The summed E-state index contributed by atoms with van der Waals surface area (Å²) in [4.78, 5) is 23.5. The topological polar surface area (TPSA) is 79.4 Å². The number of aromatic nitrogens is 2. The Morgan fingerprint density at radius 1 is 1.20 bits per heavy atom. The molecule has 7 nitrogen and oxygen atoms in total. The van der Waals surface area contributed by atoms with Crippen molar-refractivity contribution in [2.75, 3.05) is 35.2 Å². The fourth-order valence-corrected chi connectivity index (χ4v) is 3.90. The number of carbonyl (C=O) groups excluding carboxylic acids is 1. The van der Waals surface area contributed by atoms with Gasteiger partial charge in [0, 0.05) is 37.3 Å². The van der Waals surface area contributed by atoms with E-state index in [2.05, 4.69) is 31.6 Å². The molecule has 0 bridgehead atoms. The van der Waals surface area contributed by atoms with Crippen LogP contribution in [-0.2, 0) is 4.79 Å². The molecule has 160 valence electrons. The Bertz CT molecular complexity index is 838. The molecule has 2 heterocycles. The maximum atomic E-state index is 12.4. The molecular weight excluding hydrogens is 378 g/mol. The zero-order chi connectivity index (χ0) is 20.8. The molecule has 1 atom stereocenters. The standard InChI is InChI=1S/C23H31N5O2/c1-2-30-20-10-8-19(9-11-20)27-23(29)12-5-17-4-3-13-28(15-17)22-14-21(24-16-25-22)26-18-6-7-18/h8-11,14,16-18H,2-7,12-13,15H2,1H3,(H,27,29)(H,24,25,26). The predicted octanol–water partition coefficient (Wildman–Crippen LogP) is 4.08. The molecule has 1 aliphatic carbocycles. The smallest absolute Gasteiger partial charge is 0.224 e. The zero-order valence-corrected chi connectivity index (χ0v) is 17.6. The van der Waals surface area contributed by atoms with Gasteiger partial charge in [0.05, 0.1) is 6.61 Å². The Hall–Kier alpha value is -2.83.